The molecule has 0 amide bonds. The Hall–Kier alpha value is -1.10. The van der Waals surface area contributed by atoms with E-state index in [0.717, 1.165) is 57.3 Å². The van der Waals surface area contributed by atoms with Crippen LogP contribution < -0.4 is 15.4 Å². The summed E-state index contributed by atoms with van der Waals surface area (Å²) < 4.78 is 16.7. The second kappa shape index (κ2) is 14.1. The van der Waals surface area contributed by atoms with Gasteiger partial charge in [0.2, 0.25) is 0 Å². The predicted octanol–water partition coefficient (Wildman–Crippen LogP) is 2.81. The zero-order valence-electron chi connectivity index (χ0n) is 18.3. The maximum atomic E-state index is 5.72. The van der Waals surface area contributed by atoms with Crippen molar-refractivity contribution in [1.29, 1.82) is 0 Å². The third-order valence-corrected chi connectivity index (χ3v) is 5.61. The monoisotopic (exact) mass is 532 g/mol. The lowest BCUT2D eigenvalue weighted by atomic mass is 10.1. The van der Waals surface area contributed by atoms with Crippen LogP contribution in [-0.2, 0) is 9.47 Å². The van der Waals surface area contributed by atoms with Crippen molar-refractivity contribution in [2.24, 2.45) is 4.99 Å². The van der Waals surface area contributed by atoms with Gasteiger partial charge in [-0.1, -0.05) is 12.1 Å². The summed E-state index contributed by atoms with van der Waals surface area (Å²) in [5.41, 5.74) is 1.27. The Morgan fingerprint density at radius 1 is 1.27 bits per heavy atom. The maximum absolute atomic E-state index is 5.72. The molecule has 1 aromatic carbocycles. The molecule has 3 rings (SSSR count). The molecule has 2 atom stereocenters. The molecule has 2 heterocycles. The molecule has 2 saturated heterocycles. The van der Waals surface area contributed by atoms with Gasteiger partial charge in [0, 0.05) is 26.7 Å². The second-order valence-corrected chi connectivity index (χ2v) is 7.63. The normalized spacial score (nSPS) is 20.6. The van der Waals surface area contributed by atoms with E-state index in [9.17, 15) is 0 Å². The van der Waals surface area contributed by atoms with Crippen LogP contribution in [0.3, 0.4) is 0 Å². The molecular formula is C22H37IN4O3. The standard InChI is InChI=1S/C22H36N4O3.HI/c1-23-22(24-10-14-28-17-20-9-6-13-29-20)25-16-21(26-11-3-4-12-26)18-7-5-8-19(15-18)27-2;/h5,7-8,15,20-21H,3-4,6,9-14,16-17H2,1-2H3,(H2,23,24,25);1H. The molecule has 0 spiro atoms. The Morgan fingerprint density at radius 3 is 2.80 bits per heavy atom. The molecule has 0 aromatic heterocycles. The Kier molecular flexibility index (Phi) is 11.8. The summed E-state index contributed by atoms with van der Waals surface area (Å²) in [5, 5.41) is 6.84. The number of likely N-dealkylation sites (tertiary alicyclic amines) is 1. The molecule has 0 radical (unpaired) electrons. The van der Waals surface area contributed by atoms with Crippen molar-refractivity contribution >= 4 is 29.9 Å². The first-order valence-electron chi connectivity index (χ1n) is 10.8. The Labute approximate surface area is 197 Å². The van der Waals surface area contributed by atoms with Crippen molar-refractivity contribution < 1.29 is 14.2 Å². The van der Waals surface area contributed by atoms with Crippen molar-refractivity contribution in [3.05, 3.63) is 29.8 Å². The van der Waals surface area contributed by atoms with Crippen LogP contribution in [0.15, 0.2) is 29.3 Å². The van der Waals surface area contributed by atoms with Crippen LogP contribution in [0.25, 0.3) is 0 Å². The van der Waals surface area contributed by atoms with Crippen LogP contribution in [0, 0.1) is 0 Å². The van der Waals surface area contributed by atoms with Crippen molar-refractivity contribution in [3.8, 4) is 5.75 Å². The summed E-state index contributed by atoms with van der Waals surface area (Å²) in [5.74, 6) is 1.70. The van der Waals surface area contributed by atoms with Gasteiger partial charge in [-0.05, 0) is 56.5 Å². The summed E-state index contributed by atoms with van der Waals surface area (Å²) in [6.45, 7) is 5.98. The Morgan fingerprint density at radius 2 is 2.10 bits per heavy atom. The van der Waals surface area contributed by atoms with E-state index in [1.165, 1.54) is 18.4 Å². The average molecular weight is 532 g/mol. The lowest BCUT2D eigenvalue weighted by molar-refractivity contribution is 0.0191. The van der Waals surface area contributed by atoms with E-state index in [1.54, 1.807) is 14.2 Å². The van der Waals surface area contributed by atoms with Crippen molar-refractivity contribution in [2.75, 3.05) is 60.2 Å². The first-order chi connectivity index (χ1) is 14.3. The van der Waals surface area contributed by atoms with Crippen LogP contribution >= 0.6 is 24.0 Å². The number of aliphatic imine (C=N–C) groups is 1. The van der Waals surface area contributed by atoms with Crippen LogP contribution in [0.2, 0.25) is 0 Å². The maximum Gasteiger partial charge on any atom is 0.191 e. The van der Waals surface area contributed by atoms with Gasteiger partial charge in [0.25, 0.3) is 0 Å². The van der Waals surface area contributed by atoms with Gasteiger partial charge in [-0.3, -0.25) is 9.89 Å². The largest absolute Gasteiger partial charge is 0.497 e. The summed E-state index contributed by atoms with van der Waals surface area (Å²) in [6, 6.07) is 8.68. The molecule has 7 nitrogen and oxygen atoms in total. The second-order valence-electron chi connectivity index (χ2n) is 7.63. The first-order valence-corrected chi connectivity index (χ1v) is 10.8. The molecule has 2 N–H and O–H groups in total. The van der Waals surface area contributed by atoms with E-state index in [4.69, 9.17) is 14.2 Å². The summed E-state index contributed by atoms with van der Waals surface area (Å²) in [4.78, 5) is 6.90. The minimum Gasteiger partial charge on any atom is -0.497 e. The van der Waals surface area contributed by atoms with E-state index >= 15 is 0 Å². The lowest BCUT2D eigenvalue weighted by Crippen LogP contribution is -2.43. The van der Waals surface area contributed by atoms with Gasteiger partial charge >= 0.3 is 0 Å². The highest BCUT2D eigenvalue weighted by molar-refractivity contribution is 14.0. The third kappa shape index (κ3) is 7.86. The minimum atomic E-state index is 0. The number of nitrogens with one attached hydrogen (secondary N) is 2. The number of hydrogen-bond donors (Lipinski definition) is 2. The fourth-order valence-electron chi connectivity index (χ4n) is 4.01. The van der Waals surface area contributed by atoms with E-state index in [1.807, 2.05) is 6.07 Å². The van der Waals surface area contributed by atoms with Crippen LogP contribution in [0.1, 0.15) is 37.3 Å². The quantitative estimate of drug-likeness (QED) is 0.209. The lowest BCUT2D eigenvalue weighted by Gasteiger charge is -2.29. The van der Waals surface area contributed by atoms with Crippen LogP contribution in [0.5, 0.6) is 5.75 Å². The smallest absolute Gasteiger partial charge is 0.191 e. The molecule has 1 aromatic rings. The Bertz CT molecular complexity index is 635. The highest BCUT2D eigenvalue weighted by atomic mass is 127. The topological polar surface area (TPSA) is 67.4 Å². The van der Waals surface area contributed by atoms with Gasteiger partial charge in [-0.15, -0.1) is 24.0 Å². The van der Waals surface area contributed by atoms with Crippen LogP contribution in [0.4, 0.5) is 0 Å². The highest BCUT2D eigenvalue weighted by Gasteiger charge is 2.24. The SMILES string of the molecule is CN=C(NCCOCC1CCCO1)NCC(c1cccc(OC)c1)N1CCCC1.I. The summed E-state index contributed by atoms with van der Waals surface area (Å²) in [6.07, 6.45) is 5.05. The predicted molar refractivity (Wildman–Crippen MR) is 131 cm³/mol. The highest BCUT2D eigenvalue weighted by Crippen LogP contribution is 2.27. The number of nitrogens with zero attached hydrogens (tertiary/aromatic N) is 2. The molecule has 0 saturated carbocycles. The van der Waals surface area contributed by atoms with Crippen LogP contribution in [-0.4, -0.2) is 77.1 Å². The molecule has 170 valence electrons. The van der Waals surface area contributed by atoms with E-state index in [2.05, 4.69) is 38.7 Å². The van der Waals surface area contributed by atoms with E-state index in [0.29, 0.717) is 19.3 Å². The number of hydrogen-bond acceptors (Lipinski definition) is 5. The van der Waals surface area contributed by atoms with E-state index in [-0.39, 0.29) is 30.1 Å². The number of guanidine groups is 1. The summed E-state index contributed by atoms with van der Waals surface area (Å²) >= 11 is 0. The number of ether oxygens (including phenoxy) is 3. The number of halogens is 1. The van der Waals surface area contributed by atoms with Crippen molar-refractivity contribution in [1.82, 2.24) is 15.5 Å². The molecule has 0 bridgehead atoms. The third-order valence-electron chi connectivity index (χ3n) is 5.61. The molecule has 2 aliphatic heterocycles. The number of rotatable bonds is 10. The molecule has 2 fully saturated rings. The Balaban J connectivity index is 0.00000320. The van der Waals surface area contributed by atoms with Gasteiger partial charge in [0.15, 0.2) is 5.96 Å². The molecule has 30 heavy (non-hydrogen) atoms. The number of benzene rings is 1. The van der Waals surface area contributed by atoms with Gasteiger partial charge < -0.3 is 24.8 Å². The minimum absolute atomic E-state index is 0. The van der Waals surface area contributed by atoms with Gasteiger partial charge in [0.1, 0.15) is 5.75 Å². The van der Waals surface area contributed by atoms with Gasteiger partial charge in [-0.25, -0.2) is 0 Å². The molecular weight excluding hydrogens is 495 g/mol. The summed E-state index contributed by atoms with van der Waals surface area (Å²) in [7, 11) is 3.52. The zero-order chi connectivity index (χ0) is 20.3. The van der Waals surface area contributed by atoms with Crippen molar-refractivity contribution in [2.45, 2.75) is 37.8 Å². The van der Waals surface area contributed by atoms with Crippen molar-refractivity contribution in [3.63, 3.8) is 0 Å². The molecule has 2 unspecified atom stereocenters. The fraction of sp³-hybridized carbons (Fsp3) is 0.682. The zero-order valence-corrected chi connectivity index (χ0v) is 20.6. The number of methoxy groups -OCH3 is 1. The molecule has 2 aliphatic rings. The average Bonchev–Trinajstić information content (AvgIpc) is 3.47. The van der Waals surface area contributed by atoms with Gasteiger partial charge in [-0.2, -0.15) is 0 Å². The van der Waals surface area contributed by atoms with E-state index < -0.39 is 0 Å². The molecule has 8 heteroatoms. The fourth-order valence-corrected chi connectivity index (χ4v) is 4.01. The van der Waals surface area contributed by atoms with Gasteiger partial charge in [0.05, 0.1) is 32.5 Å². The molecule has 0 aliphatic carbocycles. The first kappa shape index (κ1) is 25.2.